The summed E-state index contributed by atoms with van der Waals surface area (Å²) in [6.07, 6.45) is 0. The molecule has 1 N–H and O–H groups in total. The van der Waals surface area contributed by atoms with Crippen LogP contribution < -0.4 is 11.2 Å². The molecule has 0 bridgehead atoms. The standard InChI is InChI=1S/C7H9ClN2O3/c1-13-3-2-10-6(11)4-5(8)9-7(10)12/h4H,2-3H2,1H3,(H,9,12). The van der Waals surface area contributed by atoms with Gasteiger partial charge in [0.1, 0.15) is 5.15 Å². The van der Waals surface area contributed by atoms with E-state index in [0.717, 1.165) is 10.6 Å². The highest BCUT2D eigenvalue weighted by molar-refractivity contribution is 6.29. The summed E-state index contributed by atoms with van der Waals surface area (Å²) in [5.41, 5.74) is -0.944. The Morgan fingerprint density at radius 1 is 1.62 bits per heavy atom. The highest BCUT2D eigenvalue weighted by Gasteiger charge is 2.01. The van der Waals surface area contributed by atoms with E-state index in [0.29, 0.717) is 6.61 Å². The zero-order valence-corrected chi connectivity index (χ0v) is 7.80. The lowest BCUT2D eigenvalue weighted by Gasteiger charge is -2.02. The average Bonchev–Trinajstić information content (AvgIpc) is 2.02. The SMILES string of the molecule is COCCn1c(=O)cc(Cl)[nH]c1=O. The van der Waals surface area contributed by atoms with Crippen molar-refractivity contribution in [3.05, 3.63) is 32.1 Å². The van der Waals surface area contributed by atoms with Crippen molar-refractivity contribution < 1.29 is 4.74 Å². The third-order valence-corrected chi connectivity index (χ3v) is 1.71. The van der Waals surface area contributed by atoms with E-state index in [2.05, 4.69) is 4.98 Å². The predicted molar refractivity (Wildman–Crippen MR) is 48.2 cm³/mol. The lowest BCUT2D eigenvalue weighted by molar-refractivity contribution is 0.185. The summed E-state index contributed by atoms with van der Waals surface area (Å²) in [6, 6.07) is 1.15. The van der Waals surface area contributed by atoms with Gasteiger partial charge < -0.3 is 4.74 Å². The van der Waals surface area contributed by atoms with Crippen LogP contribution in [0.3, 0.4) is 0 Å². The van der Waals surface area contributed by atoms with Gasteiger partial charge >= 0.3 is 5.69 Å². The quantitative estimate of drug-likeness (QED) is 0.696. The molecule has 1 rings (SSSR count). The average molecular weight is 205 g/mol. The Morgan fingerprint density at radius 3 is 2.85 bits per heavy atom. The first-order valence-corrected chi connectivity index (χ1v) is 4.01. The summed E-state index contributed by atoms with van der Waals surface area (Å²) >= 11 is 5.46. The van der Waals surface area contributed by atoms with Crippen LogP contribution in [0.4, 0.5) is 0 Å². The highest BCUT2D eigenvalue weighted by Crippen LogP contribution is 1.93. The molecule has 0 aromatic carbocycles. The van der Waals surface area contributed by atoms with Crippen molar-refractivity contribution in [3.8, 4) is 0 Å². The minimum absolute atomic E-state index is 0.0451. The number of rotatable bonds is 3. The van der Waals surface area contributed by atoms with Crippen LogP contribution in [0.15, 0.2) is 15.7 Å². The molecular formula is C7H9ClN2O3. The number of H-pyrrole nitrogens is 1. The summed E-state index contributed by atoms with van der Waals surface area (Å²) in [6.45, 7) is 0.534. The Balaban J connectivity index is 3.07. The van der Waals surface area contributed by atoms with Crippen molar-refractivity contribution in [2.45, 2.75) is 6.54 Å². The van der Waals surface area contributed by atoms with Gasteiger partial charge in [-0.05, 0) is 0 Å². The van der Waals surface area contributed by atoms with E-state index in [-0.39, 0.29) is 11.7 Å². The second kappa shape index (κ2) is 4.25. The zero-order chi connectivity index (χ0) is 9.84. The minimum atomic E-state index is -0.519. The van der Waals surface area contributed by atoms with Gasteiger partial charge in [-0.1, -0.05) is 11.6 Å². The molecule has 0 atom stereocenters. The van der Waals surface area contributed by atoms with Crippen LogP contribution >= 0.6 is 11.6 Å². The largest absolute Gasteiger partial charge is 0.383 e. The molecule has 0 saturated heterocycles. The number of ether oxygens (including phenoxy) is 1. The van der Waals surface area contributed by atoms with Crippen molar-refractivity contribution in [1.82, 2.24) is 9.55 Å². The van der Waals surface area contributed by atoms with Gasteiger partial charge in [0.2, 0.25) is 0 Å². The molecule has 0 radical (unpaired) electrons. The molecule has 0 unspecified atom stereocenters. The second-order valence-electron chi connectivity index (χ2n) is 2.41. The molecular weight excluding hydrogens is 196 g/mol. The molecule has 0 amide bonds. The molecule has 1 aromatic rings. The zero-order valence-electron chi connectivity index (χ0n) is 7.04. The molecule has 0 fully saturated rings. The lowest BCUT2D eigenvalue weighted by atomic mass is 10.6. The van der Waals surface area contributed by atoms with Crippen molar-refractivity contribution in [3.63, 3.8) is 0 Å². The monoisotopic (exact) mass is 204 g/mol. The minimum Gasteiger partial charge on any atom is -0.383 e. The molecule has 0 saturated carbocycles. The number of methoxy groups -OCH3 is 1. The molecule has 0 aliphatic carbocycles. The fraction of sp³-hybridized carbons (Fsp3) is 0.429. The maximum Gasteiger partial charge on any atom is 0.329 e. The Kier molecular flexibility index (Phi) is 3.27. The predicted octanol–water partition coefficient (Wildman–Crippen LogP) is -0.164. The van der Waals surface area contributed by atoms with Crippen LogP contribution in [0.1, 0.15) is 0 Å². The van der Waals surface area contributed by atoms with Crippen LogP contribution in [0.2, 0.25) is 5.15 Å². The van der Waals surface area contributed by atoms with E-state index in [1.165, 1.54) is 7.11 Å². The normalized spacial score (nSPS) is 10.3. The molecule has 0 aliphatic heterocycles. The van der Waals surface area contributed by atoms with Crippen LogP contribution in [0.25, 0.3) is 0 Å². The van der Waals surface area contributed by atoms with E-state index in [1.54, 1.807) is 0 Å². The molecule has 13 heavy (non-hydrogen) atoms. The number of nitrogens with one attached hydrogen (secondary N) is 1. The number of aromatic amines is 1. The topological polar surface area (TPSA) is 64.1 Å². The van der Waals surface area contributed by atoms with Gasteiger partial charge in [0, 0.05) is 13.2 Å². The van der Waals surface area contributed by atoms with Gasteiger partial charge in [-0.2, -0.15) is 0 Å². The Morgan fingerprint density at radius 2 is 2.31 bits per heavy atom. The summed E-state index contributed by atoms with van der Waals surface area (Å²) in [5.74, 6) is 0. The van der Waals surface area contributed by atoms with Crippen molar-refractivity contribution in [2.75, 3.05) is 13.7 Å². The van der Waals surface area contributed by atoms with E-state index >= 15 is 0 Å². The molecule has 0 aliphatic rings. The van der Waals surface area contributed by atoms with E-state index in [4.69, 9.17) is 16.3 Å². The number of hydrogen-bond acceptors (Lipinski definition) is 3. The Hall–Kier alpha value is -1.07. The number of halogens is 1. The number of aromatic nitrogens is 2. The Labute approximate surface area is 78.9 Å². The van der Waals surface area contributed by atoms with Crippen LogP contribution in [-0.4, -0.2) is 23.3 Å². The summed E-state index contributed by atoms with van der Waals surface area (Å²) in [5, 5.41) is 0.0451. The van der Waals surface area contributed by atoms with Crippen LogP contribution in [-0.2, 0) is 11.3 Å². The summed E-state index contributed by atoms with van der Waals surface area (Å²) in [4.78, 5) is 24.6. The van der Waals surface area contributed by atoms with Crippen molar-refractivity contribution in [1.29, 1.82) is 0 Å². The van der Waals surface area contributed by atoms with Gasteiger partial charge in [0.15, 0.2) is 0 Å². The fourth-order valence-electron chi connectivity index (χ4n) is 0.886. The van der Waals surface area contributed by atoms with Gasteiger partial charge in [-0.3, -0.25) is 14.3 Å². The maximum absolute atomic E-state index is 11.2. The van der Waals surface area contributed by atoms with Gasteiger partial charge in [0.25, 0.3) is 5.56 Å². The maximum atomic E-state index is 11.2. The smallest absolute Gasteiger partial charge is 0.329 e. The number of hydrogen-bond donors (Lipinski definition) is 1. The first-order chi connectivity index (χ1) is 6.15. The molecule has 6 heteroatoms. The van der Waals surface area contributed by atoms with E-state index < -0.39 is 11.2 Å². The van der Waals surface area contributed by atoms with Gasteiger partial charge in [-0.25, -0.2) is 4.79 Å². The highest BCUT2D eigenvalue weighted by atomic mass is 35.5. The third kappa shape index (κ3) is 2.43. The Bertz CT molecular complexity index is 364. The molecule has 5 nitrogen and oxygen atoms in total. The number of nitrogens with zero attached hydrogens (tertiary/aromatic N) is 1. The molecule has 1 aromatic heterocycles. The summed E-state index contributed by atoms with van der Waals surface area (Å²) in [7, 11) is 1.50. The van der Waals surface area contributed by atoms with Gasteiger partial charge in [0.05, 0.1) is 13.2 Å². The first kappa shape index (κ1) is 10.0. The lowest BCUT2D eigenvalue weighted by Crippen LogP contribution is -2.35. The molecule has 0 spiro atoms. The molecule has 72 valence electrons. The van der Waals surface area contributed by atoms with E-state index in [1.807, 2.05) is 0 Å². The second-order valence-corrected chi connectivity index (χ2v) is 2.81. The molecule has 1 heterocycles. The fourth-order valence-corrected chi connectivity index (χ4v) is 1.06. The summed E-state index contributed by atoms with van der Waals surface area (Å²) < 4.78 is 5.76. The van der Waals surface area contributed by atoms with E-state index in [9.17, 15) is 9.59 Å². The van der Waals surface area contributed by atoms with Crippen molar-refractivity contribution >= 4 is 11.6 Å². The van der Waals surface area contributed by atoms with Gasteiger partial charge in [-0.15, -0.1) is 0 Å². The third-order valence-electron chi connectivity index (χ3n) is 1.51. The first-order valence-electron chi connectivity index (χ1n) is 3.63. The van der Waals surface area contributed by atoms with Crippen LogP contribution in [0, 0.1) is 0 Å². The van der Waals surface area contributed by atoms with Crippen LogP contribution in [0.5, 0.6) is 0 Å². The van der Waals surface area contributed by atoms with Crippen molar-refractivity contribution in [2.24, 2.45) is 0 Å².